The second-order valence-electron chi connectivity index (χ2n) is 11.8. The molecule has 0 aliphatic heterocycles. The smallest absolute Gasteiger partial charge is 0.446 e. The minimum atomic E-state index is -4.35. The summed E-state index contributed by atoms with van der Waals surface area (Å²) in [4.78, 5) is 1.16. The zero-order chi connectivity index (χ0) is 26.3. The van der Waals surface area contributed by atoms with Crippen LogP contribution in [0.2, 0.25) is 0 Å². The van der Waals surface area contributed by atoms with E-state index in [1.54, 1.807) is 31.0 Å². The Bertz CT molecular complexity index is 1360. The number of hydrogen-bond donors (Lipinski definition) is 1. The van der Waals surface area contributed by atoms with Gasteiger partial charge in [0, 0.05) is 20.6 Å². The number of alkyl halides is 3. The van der Waals surface area contributed by atoms with Gasteiger partial charge >= 0.3 is 5.51 Å². The Kier molecular flexibility index (Phi) is 5.88. The predicted molar refractivity (Wildman–Crippen MR) is 143 cm³/mol. The average molecular weight is 533 g/mol. The van der Waals surface area contributed by atoms with Crippen LogP contribution in [0.4, 0.5) is 13.2 Å². The highest BCUT2D eigenvalue weighted by molar-refractivity contribution is 8.00. The first-order chi connectivity index (χ1) is 16.7. The van der Waals surface area contributed by atoms with E-state index in [-0.39, 0.29) is 33.2 Å². The van der Waals surface area contributed by atoms with Crippen LogP contribution in [-0.2, 0) is 5.41 Å². The summed E-state index contributed by atoms with van der Waals surface area (Å²) in [6.45, 7) is 9.00. The van der Waals surface area contributed by atoms with E-state index in [2.05, 4.69) is 33.8 Å². The van der Waals surface area contributed by atoms with Crippen molar-refractivity contribution in [3.8, 4) is 22.6 Å². The van der Waals surface area contributed by atoms with Crippen molar-refractivity contribution in [2.45, 2.75) is 67.7 Å². The molecular weight excluding hydrogens is 501 g/mol. The van der Waals surface area contributed by atoms with Crippen LogP contribution in [0.5, 0.6) is 11.5 Å². The van der Waals surface area contributed by atoms with Crippen LogP contribution < -0.4 is 4.74 Å². The molecule has 0 radical (unpaired) electrons. The molecule has 7 heteroatoms. The second-order valence-corrected chi connectivity index (χ2v) is 13.8. The van der Waals surface area contributed by atoms with E-state index in [4.69, 9.17) is 4.74 Å². The van der Waals surface area contributed by atoms with Crippen molar-refractivity contribution in [1.29, 1.82) is 0 Å². The van der Waals surface area contributed by atoms with Gasteiger partial charge in [-0.3, -0.25) is 0 Å². The molecular formula is C29H31F3O2S2. The number of hydrogen-bond acceptors (Lipinski definition) is 4. The molecule has 2 aliphatic carbocycles. The predicted octanol–water partition coefficient (Wildman–Crippen LogP) is 9.39. The van der Waals surface area contributed by atoms with Crippen molar-refractivity contribution in [1.82, 2.24) is 0 Å². The van der Waals surface area contributed by atoms with Gasteiger partial charge in [-0.05, 0) is 106 Å². The molecule has 0 saturated heterocycles. The van der Waals surface area contributed by atoms with Gasteiger partial charge in [0.25, 0.3) is 0 Å². The molecule has 0 aromatic heterocycles. The van der Waals surface area contributed by atoms with Gasteiger partial charge in [0.05, 0.1) is 7.11 Å². The van der Waals surface area contributed by atoms with Crippen molar-refractivity contribution in [3.63, 3.8) is 0 Å². The highest BCUT2D eigenvalue weighted by Crippen LogP contribution is 2.65. The number of phenols is 1. The number of aromatic hydroxyl groups is 1. The van der Waals surface area contributed by atoms with Gasteiger partial charge in [-0.2, -0.15) is 13.2 Å². The lowest BCUT2D eigenvalue weighted by Crippen LogP contribution is -2.43. The van der Waals surface area contributed by atoms with Crippen LogP contribution >= 0.6 is 23.5 Å². The summed E-state index contributed by atoms with van der Waals surface area (Å²) in [5.41, 5.74) is -0.933. The maximum absolute atomic E-state index is 13.4. The van der Waals surface area contributed by atoms with E-state index in [1.807, 2.05) is 24.5 Å². The summed E-state index contributed by atoms with van der Waals surface area (Å²) in [5, 5.41) is 12.9. The minimum Gasteiger partial charge on any atom is -0.507 e. The average Bonchev–Trinajstić information content (AvgIpc) is 2.97. The van der Waals surface area contributed by atoms with Gasteiger partial charge in [-0.25, -0.2) is 0 Å². The number of ether oxygens (including phenoxy) is 1. The molecule has 3 aromatic carbocycles. The van der Waals surface area contributed by atoms with Crippen LogP contribution in [0.1, 0.15) is 58.1 Å². The standard InChI is InChI=1S/C29H31F3O2S2/c1-26(2)13-27(3,4)15-28(14-26)20-9-16(36-29(30,31)32)7-8-17(20)25-19-11-24(35-6)23(34-5)10-18(19)22(33)12-21(25)28/h7-12,33H,13-15H2,1-6H3. The summed E-state index contributed by atoms with van der Waals surface area (Å²) in [7, 11) is 1.61. The highest BCUT2D eigenvalue weighted by atomic mass is 32.2. The van der Waals surface area contributed by atoms with Gasteiger partial charge < -0.3 is 9.84 Å². The maximum Gasteiger partial charge on any atom is 0.446 e. The number of benzene rings is 3. The molecule has 1 saturated carbocycles. The van der Waals surface area contributed by atoms with Gasteiger partial charge in [-0.1, -0.05) is 33.8 Å². The number of methoxy groups -OCH3 is 1. The van der Waals surface area contributed by atoms with Crippen molar-refractivity contribution in [3.05, 3.63) is 47.5 Å². The van der Waals surface area contributed by atoms with Gasteiger partial charge in [0.15, 0.2) is 0 Å². The Morgan fingerprint density at radius 3 is 2.14 bits per heavy atom. The Balaban J connectivity index is 1.87. The number of rotatable bonds is 3. The zero-order valence-corrected chi connectivity index (χ0v) is 23.0. The van der Waals surface area contributed by atoms with Gasteiger partial charge in [-0.15, -0.1) is 11.8 Å². The molecule has 2 nitrogen and oxygen atoms in total. The minimum absolute atomic E-state index is 0.0251. The molecule has 0 amide bonds. The fourth-order valence-electron chi connectivity index (χ4n) is 7.37. The van der Waals surface area contributed by atoms with E-state index in [9.17, 15) is 18.3 Å². The topological polar surface area (TPSA) is 29.5 Å². The lowest BCUT2D eigenvalue weighted by Gasteiger charge is -2.51. The fourth-order valence-corrected chi connectivity index (χ4v) is 8.53. The molecule has 0 atom stereocenters. The Morgan fingerprint density at radius 2 is 1.56 bits per heavy atom. The molecule has 1 spiro atoms. The molecule has 3 aromatic rings. The molecule has 36 heavy (non-hydrogen) atoms. The van der Waals surface area contributed by atoms with E-state index >= 15 is 0 Å². The van der Waals surface area contributed by atoms with Crippen LogP contribution in [0.25, 0.3) is 21.9 Å². The molecule has 192 valence electrons. The Morgan fingerprint density at radius 1 is 0.889 bits per heavy atom. The number of phenolic OH excluding ortho intramolecular Hbond substituents is 1. The van der Waals surface area contributed by atoms with Crippen LogP contribution in [0.15, 0.2) is 46.2 Å². The summed E-state index contributed by atoms with van der Waals surface area (Å²) in [5.74, 6) is 0.864. The lowest BCUT2D eigenvalue weighted by atomic mass is 9.52. The molecule has 0 heterocycles. The molecule has 2 aliphatic rings. The number of halogens is 3. The monoisotopic (exact) mass is 532 g/mol. The zero-order valence-electron chi connectivity index (χ0n) is 21.4. The van der Waals surface area contributed by atoms with Crippen molar-refractivity contribution in [2.75, 3.05) is 13.4 Å². The first-order valence-corrected chi connectivity index (χ1v) is 14.1. The van der Waals surface area contributed by atoms with E-state index in [0.717, 1.165) is 51.8 Å². The molecule has 0 bridgehead atoms. The number of fused-ring (bicyclic) bond motifs is 7. The molecule has 1 N–H and O–H groups in total. The SMILES string of the molecule is COc1cc2c(O)cc3c(c2cc1SC)-c1ccc(SC(F)(F)F)cc1C31CC(C)(C)CC(C)(C)C1. The van der Waals surface area contributed by atoms with Crippen molar-refractivity contribution in [2.24, 2.45) is 10.8 Å². The molecule has 0 unspecified atom stereocenters. The maximum atomic E-state index is 13.4. The van der Waals surface area contributed by atoms with E-state index < -0.39 is 10.9 Å². The third kappa shape index (κ3) is 4.16. The summed E-state index contributed by atoms with van der Waals surface area (Å²) in [6.07, 6.45) is 4.62. The van der Waals surface area contributed by atoms with E-state index in [1.165, 1.54) is 0 Å². The van der Waals surface area contributed by atoms with Crippen LogP contribution in [0, 0.1) is 10.8 Å². The van der Waals surface area contributed by atoms with Crippen molar-refractivity contribution < 1.29 is 23.0 Å². The van der Waals surface area contributed by atoms with E-state index in [0.29, 0.717) is 11.1 Å². The third-order valence-corrected chi connectivity index (χ3v) is 9.14. The third-order valence-electron chi connectivity index (χ3n) is 7.66. The number of thioether (sulfide) groups is 2. The lowest BCUT2D eigenvalue weighted by molar-refractivity contribution is -0.0328. The van der Waals surface area contributed by atoms with Crippen molar-refractivity contribution >= 4 is 34.3 Å². The van der Waals surface area contributed by atoms with Crippen LogP contribution in [0.3, 0.4) is 0 Å². The normalized spacial score (nSPS) is 19.4. The van der Waals surface area contributed by atoms with Gasteiger partial charge in [0.1, 0.15) is 11.5 Å². The first-order valence-electron chi connectivity index (χ1n) is 12.0. The summed E-state index contributed by atoms with van der Waals surface area (Å²) >= 11 is 1.51. The Hall–Kier alpha value is -1.99. The van der Waals surface area contributed by atoms with Crippen LogP contribution in [-0.4, -0.2) is 24.0 Å². The second kappa shape index (κ2) is 8.26. The first kappa shape index (κ1) is 25.7. The quantitative estimate of drug-likeness (QED) is 0.340. The summed E-state index contributed by atoms with van der Waals surface area (Å²) < 4.78 is 45.7. The summed E-state index contributed by atoms with van der Waals surface area (Å²) in [6, 6.07) is 11.0. The fraction of sp³-hybridized carbons (Fsp3) is 0.448. The van der Waals surface area contributed by atoms with Gasteiger partial charge in [0.2, 0.25) is 0 Å². The largest absolute Gasteiger partial charge is 0.507 e. The highest BCUT2D eigenvalue weighted by Gasteiger charge is 2.54. The molecule has 1 fully saturated rings. The molecule has 5 rings (SSSR count). The Labute approximate surface area is 219 Å².